The molecule has 0 saturated carbocycles. The van der Waals surface area contributed by atoms with Gasteiger partial charge in [-0.1, -0.05) is 30.1 Å². The standard InChI is InChI=1S/C19H19Cl2FN4O3/c1-2-19(5-6-28-10-16(23)26-19)13-8-12(3-4-15(13)22)25-18(27)29-17-14(21)7-11(20)9-24-17/h3-4,7-9H,2,5-6,10H2,1H3,(H2,23,26)(H,25,27)/t19-/m0/s1. The average Bonchev–Trinajstić information content (AvgIpc) is 2.87. The largest absolute Gasteiger partial charge is 0.418 e. The Bertz CT molecular complexity index is 957. The number of ether oxygens (including phenoxy) is 2. The van der Waals surface area contributed by atoms with E-state index in [1.165, 1.54) is 30.5 Å². The Morgan fingerprint density at radius 1 is 1.41 bits per heavy atom. The molecule has 2 aromatic rings. The van der Waals surface area contributed by atoms with Crippen LogP contribution in [0.15, 0.2) is 35.5 Å². The van der Waals surface area contributed by atoms with Crippen LogP contribution in [0.25, 0.3) is 0 Å². The number of hydrogen-bond acceptors (Lipinski definition) is 6. The third kappa shape index (κ3) is 4.95. The fourth-order valence-corrected chi connectivity index (χ4v) is 3.51. The van der Waals surface area contributed by atoms with E-state index in [4.69, 9.17) is 38.4 Å². The summed E-state index contributed by atoms with van der Waals surface area (Å²) in [5.41, 5.74) is 5.64. The highest BCUT2D eigenvalue weighted by Crippen LogP contribution is 2.37. The maximum Gasteiger partial charge on any atom is 0.418 e. The molecule has 0 bridgehead atoms. The van der Waals surface area contributed by atoms with E-state index in [1.807, 2.05) is 6.92 Å². The van der Waals surface area contributed by atoms with Crippen LogP contribution in [-0.4, -0.2) is 30.1 Å². The Balaban J connectivity index is 1.85. The van der Waals surface area contributed by atoms with Crippen LogP contribution in [0.1, 0.15) is 25.3 Å². The van der Waals surface area contributed by atoms with Crippen LogP contribution >= 0.6 is 23.2 Å². The van der Waals surface area contributed by atoms with Crippen molar-refractivity contribution in [2.75, 3.05) is 18.5 Å². The van der Waals surface area contributed by atoms with Gasteiger partial charge in [0.05, 0.1) is 10.6 Å². The molecule has 0 radical (unpaired) electrons. The molecule has 0 spiro atoms. The lowest BCUT2D eigenvalue weighted by Crippen LogP contribution is -2.28. The lowest BCUT2D eigenvalue weighted by molar-refractivity contribution is 0.154. The zero-order chi connectivity index (χ0) is 21.0. The topological polar surface area (TPSA) is 98.8 Å². The van der Waals surface area contributed by atoms with Gasteiger partial charge in [0.15, 0.2) is 0 Å². The number of aromatic nitrogens is 1. The molecule has 1 atom stereocenters. The van der Waals surface area contributed by atoms with E-state index in [0.717, 1.165) is 0 Å². The monoisotopic (exact) mass is 440 g/mol. The summed E-state index contributed by atoms with van der Waals surface area (Å²) in [5.74, 6) is -0.254. The Labute approximate surface area is 177 Å². The van der Waals surface area contributed by atoms with E-state index < -0.39 is 17.4 Å². The summed E-state index contributed by atoms with van der Waals surface area (Å²) in [6.07, 6.45) is 1.43. The van der Waals surface area contributed by atoms with Crippen molar-refractivity contribution in [3.8, 4) is 5.88 Å². The first kappa shape index (κ1) is 21.3. The summed E-state index contributed by atoms with van der Waals surface area (Å²) >= 11 is 11.7. The van der Waals surface area contributed by atoms with Crippen LogP contribution in [0.4, 0.5) is 14.9 Å². The Morgan fingerprint density at radius 2 is 2.21 bits per heavy atom. The molecule has 1 aliphatic heterocycles. The minimum Gasteiger partial charge on any atom is -0.389 e. The number of anilines is 1. The van der Waals surface area contributed by atoms with Crippen LogP contribution in [-0.2, 0) is 10.3 Å². The highest BCUT2D eigenvalue weighted by molar-refractivity contribution is 6.35. The predicted molar refractivity (Wildman–Crippen MR) is 109 cm³/mol. The minimum absolute atomic E-state index is 0.0839. The molecule has 1 amide bonds. The number of amidine groups is 1. The van der Waals surface area contributed by atoms with Crippen molar-refractivity contribution < 1.29 is 18.7 Å². The number of nitrogens with two attached hydrogens (primary N) is 1. The number of rotatable bonds is 4. The third-order valence-electron chi connectivity index (χ3n) is 4.53. The molecule has 0 saturated heterocycles. The number of carbonyl (C=O) groups excluding carboxylic acids is 1. The second-order valence-corrected chi connectivity index (χ2v) is 7.28. The summed E-state index contributed by atoms with van der Waals surface area (Å²) in [7, 11) is 0. The Hall–Kier alpha value is -2.42. The predicted octanol–water partition coefficient (Wildman–Crippen LogP) is 4.52. The summed E-state index contributed by atoms with van der Waals surface area (Å²) in [6, 6.07) is 5.59. The first-order chi connectivity index (χ1) is 13.8. The maximum absolute atomic E-state index is 14.7. The summed E-state index contributed by atoms with van der Waals surface area (Å²) in [6.45, 7) is 2.48. The zero-order valence-electron chi connectivity index (χ0n) is 15.5. The molecule has 2 heterocycles. The van der Waals surface area contributed by atoms with E-state index in [0.29, 0.717) is 41.6 Å². The maximum atomic E-state index is 14.7. The summed E-state index contributed by atoms with van der Waals surface area (Å²) in [4.78, 5) is 20.6. The fraction of sp³-hybridized carbons (Fsp3) is 0.316. The van der Waals surface area contributed by atoms with Gasteiger partial charge in [0.25, 0.3) is 0 Å². The van der Waals surface area contributed by atoms with E-state index in [9.17, 15) is 9.18 Å². The van der Waals surface area contributed by atoms with Gasteiger partial charge in [-0.15, -0.1) is 0 Å². The second kappa shape index (κ2) is 8.94. The molecule has 0 aliphatic carbocycles. The lowest BCUT2D eigenvalue weighted by Gasteiger charge is -2.29. The van der Waals surface area contributed by atoms with Crippen molar-refractivity contribution in [3.63, 3.8) is 0 Å². The van der Waals surface area contributed by atoms with Gasteiger partial charge < -0.3 is 15.2 Å². The second-order valence-electron chi connectivity index (χ2n) is 6.44. The average molecular weight is 441 g/mol. The number of carbonyl (C=O) groups is 1. The molecule has 7 nitrogen and oxygen atoms in total. The number of amides is 1. The first-order valence-corrected chi connectivity index (χ1v) is 9.60. The zero-order valence-corrected chi connectivity index (χ0v) is 17.1. The highest BCUT2D eigenvalue weighted by Gasteiger charge is 2.34. The molecular weight excluding hydrogens is 422 g/mol. The molecule has 1 aromatic heterocycles. The first-order valence-electron chi connectivity index (χ1n) is 8.85. The smallest absolute Gasteiger partial charge is 0.389 e. The minimum atomic E-state index is -0.882. The van der Waals surface area contributed by atoms with Crippen molar-refractivity contribution in [3.05, 3.63) is 51.9 Å². The van der Waals surface area contributed by atoms with Gasteiger partial charge in [0, 0.05) is 30.5 Å². The number of nitrogens with zero attached hydrogens (tertiary/aromatic N) is 2. The van der Waals surface area contributed by atoms with Crippen LogP contribution in [0.2, 0.25) is 10.0 Å². The SMILES string of the molecule is CC[C@@]1(c2cc(NC(=O)Oc3ncc(Cl)cc3Cl)ccc2F)CCOCC(N)=N1. The van der Waals surface area contributed by atoms with Crippen LogP contribution < -0.4 is 15.8 Å². The van der Waals surface area contributed by atoms with Gasteiger partial charge in [0.2, 0.25) is 5.88 Å². The molecule has 1 aliphatic rings. The van der Waals surface area contributed by atoms with Crippen LogP contribution in [0.3, 0.4) is 0 Å². The van der Waals surface area contributed by atoms with E-state index in [1.54, 1.807) is 0 Å². The van der Waals surface area contributed by atoms with Gasteiger partial charge in [-0.05, 0) is 30.7 Å². The fourth-order valence-electron chi connectivity index (χ4n) is 3.09. The molecule has 3 rings (SSSR count). The van der Waals surface area contributed by atoms with Crippen molar-refractivity contribution in [1.29, 1.82) is 0 Å². The molecule has 0 fully saturated rings. The molecule has 0 unspecified atom stereocenters. The van der Waals surface area contributed by atoms with E-state index >= 15 is 0 Å². The molecule has 3 N–H and O–H groups in total. The van der Waals surface area contributed by atoms with Gasteiger partial charge in [-0.3, -0.25) is 10.3 Å². The third-order valence-corrected chi connectivity index (χ3v) is 5.01. The van der Waals surface area contributed by atoms with Crippen molar-refractivity contribution in [1.82, 2.24) is 4.98 Å². The summed E-state index contributed by atoms with van der Waals surface area (Å²) < 4.78 is 25.2. The van der Waals surface area contributed by atoms with Crippen LogP contribution in [0.5, 0.6) is 5.88 Å². The quantitative estimate of drug-likeness (QED) is 0.727. The molecule has 1 aromatic carbocycles. The van der Waals surface area contributed by atoms with Crippen molar-refractivity contribution in [2.45, 2.75) is 25.3 Å². The number of nitrogens with one attached hydrogen (secondary N) is 1. The number of aliphatic imine (C=N–C) groups is 1. The number of hydrogen-bond donors (Lipinski definition) is 2. The van der Waals surface area contributed by atoms with Crippen molar-refractivity contribution >= 4 is 40.8 Å². The van der Waals surface area contributed by atoms with Gasteiger partial charge >= 0.3 is 6.09 Å². The van der Waals surface area contributed by atoms with Gasteiger partial charge in [-0.25, -0.2) is 14.2 Å². The normalized spacial score (nSPS) is 19.2. The van der Waals surface area contributed by atoms with Crippen molar-refractivity contribution in [2.24, 2.45) is 10.7 Å². The Kier molecular flexibility index (Phi) is 6.56. The highest BCUT2D eigenvalue weighted by atomic mass is 35.5. The molecule has 154 valence electrons. The number of pyridine rings is 1. The molecule has 10 heteroatoms. The summed E-state index contributed by atoms with van der Waals surface area (Å²) in [5, 5.41) is 2.93. The molecular formula is C19H19Cl2FN4O3. The molecule has 29 heavy (non-hydrogen) atoms. The van der Waals surface area contributed by atoms with E-state index in [2.05, 4.69) is 15.3 Å². The van der Waals surface area contributed by atoms with Crippen LogP contribution in [0, 0.1) is 5.82 Å². The number of halogens is 3. The van der Waals surface area contributed by atoms with E-state index in [-0.39, 0.29) is 17.5 Å². The van der Waals surface area contributed by atoms with Gasteiger partial charge in [0.1, 0.15) is 23.3 Å². The number of benzene rings is 1. The Morgan fingerprint density at radius 3 is 2.93 bits per heavy atom. The lowest BCUT2D eigenvalue weighted by atomic mass is 9.84. The van der Waals surface area contributed by atoms with Gasteiger partial charge in [-0.2, -0.15) is 0 Å².